The van der Waals surface area contributed by atoms with Gasteiger partial charge in [0.1, 0.15) is 0 Å². The highest BCUT2D eigenvalue weighted by molar-refractivity contribution is 6.04. The van der Waals surface area contributed by atoms with Crippen LogP contribution in [0.2, 0.25) is 0 Å². The Hall–Kier alpha value is -3.15. The Balaban J connectivity index is 1.70. The summed E-state index contributed by atoms with van der Waals surface area (Å²) in [6.45, 7) is 7.59. The highest BCUT2D eigenvalue weighted by Gasteiger charge is 2.36. The van der Waals surface area contributed by atoms with Gasteiger partial charge in [-0.1, -0.05) is 24.3 Å². The van der Waals surface area contributed by atoms with Gasteiger partial charge >= 0.3 is 5.97 Å². The van der Waals surface area contributed by atoms with Crippen molar-refractivity contribution in [2.24, 2.45) is 5.92 Å². The largest absolute Gasteiger partial charge is 0.481 e. The van der Waals surface area contributed by atoms with Crippen LogP contribution in [-0.4, -0.2) is 29.4 Å². The third-order valence-electron chi connectivity index (χ3n) is 5.77. The number of nitrogens with one attached hydrogen (secondary N) is 1. The molecule has 6 nitrogen and oxygen atoms in total. The number of amides is 2. The zero-order valence-corrected chi connectivity index (χ0v) is 17.2. The Morgan fingerprint density at radius 3 is 2.38 bits per heavy atom. The van der Waals surface area contributed by atoms with E-state index < -0.39 is 17.3 Å². The fourth-order valence-corrected chi connectivity index (χ4v) is 3.48. The number of aryl methyl sites for hydroxylation is 1. The first kappa shape index (κ1) is 20.6. The predicted molar refractivity (Wildman–Crippen MR) is 112 cm³/mol. The van der Waals surface area contributed by atoms with Gasteiger partial charge in [-0.05, 0) is 62.6 Å². The molecule has 0 bridgehead atoms. The molecule has 0 radical (unpaired) electrons. The third kappa shape index (κ3) is 4.01. The average Bonchev–Trinajstić information content (AvgIpc) is 3.06. The van der Waals surface area contributed by atoms with Crippen LogP contribution in [-0.2, 0) is 19.8 Å². The number of hydrogen-bond acceptors (Lipinski definition) is 3. The molecule has 2 N–H and O–H groups in total. The van der Waals surface area contributed by atoms with E-state index in [0.29, 0.717) is 17.8 Å². The SMILES string of the molecule is Cc1cccc(N2CC(C(=O)Nc3ccc(C(C)(C)C(=O)O)cc3)CC2=O)c1C. The van der Waals surface area contributed by atoms with Crippen LogP contribution in [0.4, 0.5) is 11.4 Å². The second-order valence-electron chi connectivity index (χ2n) is 8.12. The molecule has 1 atom stereocenters. The molecular weight excluding hydrogens is 368 g/mol. The highest BCUT2D eigenvalue weighted by Crippen LogP contribution is 2.30. The Kier molecular flexibility index (Phi) is 5.46. The Morgan fingerprint density at radius 2 is 1.76 bits per heavy atom. The molecule has 29 heavy (non-hydrogen) atoms. The standard InChI is InChI=1S/C23H26N2O4/c1-14-6-5-7-19(15(14)2)25-13-16(12-20(25)26)21(27)24-18-10-8-17(9-11-18)23(3,4)22(28)29/h5-11,16H,12-13H2,1-4H3,(H,24,27)(H,28,29). The molecule has 0 spiro atoms. The van der Waals surface area contributed by atoms with E-state index in [1.807, 2.05) is 32.0 Å². The van der Waals surface area contributed by atoms with E-state index in [-0.39, 0.29) is 18.2 Å². The van der Waals surface area contributed by atoms with Crippen LogP contribution in [0.3, 0.4) is 0 Å². The van der Waals surface area contributed by atoms with Crippen molar-refractivity contribution in [3.63, 3.8) is 0 Å². The number of carboxylic acids is 1. The normalized spacial score (nSPS) is 16.8. The van der Waals surface area contributed by atoms with E-state index in [9.17, 15) is 19.5 Å². The Morgan fingerprint density at radius 1 is 1.10 bits per heavy atom. The van der Waals surface area contributed by atoms with Gasteiger partial charge in [-0.2, -0.15) is 0 Å². The quantitative estimate of drug-likeness (QED) is 0.810. The monoisotopic (exact) mass is 394 g/mol. The molecule has 1 unspecified atom stereocenters. The van der Waals surface area contributed by atoms with Crippen molar-refractivity contribution < 1.29 is 19.5 Å². The first-order chi connectivity index (χ1) is 13.6. The molecule has 1 heterocycles. The van der Waals surface area contributed by atoms with E-state index >= 15 is 0 Å². The first-order valence-corrected chi connectivity index (χ1v) is 9.62. The molecule has 1 aliphatic heterocycles. The van der Waals surface area contributed by atoms with Crippen molar-refractivity contribution >= 4 is 29.2 Å². The molecule has 0 aromatic heterocycles. The maximum Gasteiger partial charge on any atom is 0.313 e. The fourth-order valence-electron chi connectivity index (χ4n) is 3.48. The molecule has 1 saturated heterocycles. The van der Waals surface area contributed by atoms with Crippen molar-refractivity contribution in [3.8, 4) is 0 Å². The topological polar surface area (TPSA) is 86.7 Å². The molecule has 1 aliphatic rings. The lowest BCUT2D eigenvalue weighted by molar-refractivity contribution is -0.142. The fraction of sp³-hybridized carbons (Fsp3) is 0.348. The summed E-state index contributed by atoms with van der Waals surface area (Å²) in [5.41, 5.74) is 3.22. The maximum absolute atomic E-state index is 12.7. The van der Waals surface area contributed by atoms with Crippen LogP contribution in [0.1, 0.15) is 37.0 Å². The molecule has 0 saturated carbocycles. The van der Waals surface area contributed by atoms with Crippen LogP contribution in [0, 0.1) is 19.8 Å². The summed E-state index contributed by atoms with van der Waals surface area (Å²) < 4.78 is 0. The summed E-state index contributed by atoms with van der Waals surface area (Å²) in [4.78, 5) is 38.3. The lowest BCUT2D eigenvalue weighted by atomic mass is 9.85. The Labute approximate surface area is 170 Å². The van der Waals surface area contributed by atoms with Gasteiger partial charge in [-0.3, -0.25) is 14.4 Å². The van der Waals surface area contributed by atoms with Crippen molar-refractivity contribution in [1.82, 2.24) is 0 Å². The number of rotatable bonds is 5. The Bertz CT molecular complexity index is 963. The predicted octanol–water partition coefficient (Wildman–Crippen LogP) is 3.66. The number of benzene rings is 2. The number of carbonyl (C=O) groups is 3. The van der Waals surface area contributed by atoms with Gasteiger partial charge in [-0.15, -0.1) is 0 Å². The van der Waals surface area contributed by atoms with Crippen molar-refractivity contribution in [2.45, 2.75) is 39.5 Å². The number of carbonyl (C=O) groups excluding carboxylic acids is 2. The van der Waals surface area contributed by atoms with Gasteiger partial charge in [0.15, 0.2) is 0 Å². The van der Waals surface area contributed by atoms with Crippen LogP contribution < -0.4 is 10.2 Å². The summed E-state index contributed by atoms with van der Waals surface area (Å²) in [5, 5.41) is 12.2. The number of hydrogen-bond donors (Lipinski definition) is 2. The van der Waals surface area contributed by atoms with Gasteiger partial charge in [0.25, 0.3) is 0 Å². The summed E-state index contributed by atoms with van der Waals surface area (Å²) >= 11 is 0. The van der Waals surface area contributed by atoms with Crippen LogP contribution in [0.25, 0.3) is 0 Å². The van der Waals surface area contributed by atoms with Crippen LogP contribution in [0.15, 0.2) is 42.5 Å². The van der Waals surface area contributed by atoms with Crippen molar-refractivity contribution in [2.75, 3.05) is 16.8 Å². The first-order valence-electron chi connectivity index (χ1n) is 9.62. The minimum Gasteiger partial charge on any atom is -0.481 e. The van der Waals surface area contributed by atoms with Gasteiger partial charge in [0.05, 0.1) is 11.3 Å². The van der Waals surface area contributed by atoms with Gasteiger partial charge in [0.2, 0.25) is 11.8 Å². The van der Waals surface area contributed by atoms with Gasteiger partial charge < -0.3 is 15.3 Å². The molecule has 0 aliphatic carbocycles. The summed E-state index contributed by atoms with van der Waals surface area (Å²) in [6.07, 6.45) is 0.170. The summed E-state index contributed by atoms with van der Waals surface area (Å²) in [5.74, 6) is -1.61. The molecular formula is C23H26N2O4. The van der Waals surface area contributed by atoms with Crippen molar-refractivity contribution in [1.29, 1.82) is 0 Å². The molecule has 152 valence electrons. The zero-order valence-electron chi connectivity index (χ0n) is 17.2. The molecule has 2 aromatic rings. The van der Waals surface area contributed by atoms with E-state index in [4.69, 9.17) is 0 Å². The van der Waals surface area contributed by atoms with Crippen molar-refractivity contribution in [3.05, 3.63) is 59.2 Å². The lowest BCUT2D eigenvalue weighted by Crippen LogP contribution is -2.29. The number of anilines is 2. The summed E-state index contributed by atoms with van der Waals surface area (Å²) in [7, 11) is 0. The van der Waals surface area contributed by atoms with Crippen LogP contribution >= 0.6 is 0 Å². The second-order valence-corrected chi connectivity index (χ2v) is 8.12. The third-order valence-corrected chi connectivity index (χ3v) is 5.77. The minimum atomic E-state index is -1.01. The van der Waals surface area contributed by atoms with E-state index in [1.165, 1.54) is 0 Å². The summed E-state index contributed by atoms with van der Waals surface area (Å²) in [6, 6.07) is 12.6. The van der Waals surface area contributed by atoms with Crippen LogP contribution in [0.5, 0.6) is 0 Å². The molecule has 2 aromatic carbocycles. The van der Waals surface area contributed by atoms with E-state index in [1.54, 1.807) is 43.0 Å². The molecule has 1 fully saturated rings. The average molecular weight is 394 g/mol. The number of aliphatic carboxylic acids is 1. The minimum absolute atomic E-state index is 0.0580. The smallest absolute Gasteiger partial charge is 0.313 e. The highest BCUT2D eigenvalue weighted by atomic mass is 16.4. The number of carboxylic acid groups (broad SMARTS) is 1. The molecule has 2 amide bonds. The zero-order chi connectivity index (χ0) is 21.3. The van der Waals surface area contributed by atoms with E-state index in [0.717, 1.165) is 16.8 Å². The molecule has 6 heteroatoms. The lowest BCUT2D eigenvalue weighted by Gasteiger charge is -2.21. The maximum atomic E-state index is 12.7. The number of nitrogens with zero attached hydrogens (tertiary/aromatic N) is 1. The second kappa shape index (κ2) is 7.70. The van der Waals surface area contributed by atoms with Gasteiger partial charge in [-0.25, -0.2) is 0 Å². The molecule has 3 rings (SSSR count). The van der Waals surface area contributed by atoms with E-state index in [2.05, 4.69) is 5.32 Å². The van der Waals surface area contributed by atoms with Gasteiger partial charge in [0, 0.05) is 24.3 Å².